The zero-order valence-electron chi connectivity index (χ0n) is 19.7. The molecule has 172 valence electrons. The fourth-order valence-corrected chi connectivity index (χ4v) is 4.82. The van der Waals surface area contributed by atoms with E-state index in [0.717, 1.165) is 52.2 Å². The molecule has 0 saturated carbocycles. The predicted molar refractivity (Wildman–Crippen MR) is 136 cm³/mol. The molecular formula is C25H29N5O2S. The lowest BCUT2D eigenvalue weighted by Gasteiger charge is -2.23. The number of amides is 1. The minimum Gasteiger partial charge on any atom is -0.497 e. The van der Waals surface area contributed by atoms with Gasteiger partial charge in [-0.25, -0.2) is 0 Å². The maximum atomic E-state index is 12.7. The number of nitrogens with zero attached hydrogens (tertiary/aromatic N) is 4. The summed E-state index contributed by atoms with van der Waals surface area (Å²) in [5, 5.41) is 13.5. The fraction of sp³-hybridized carbons (Fsp3) is 0.320. The van der Waals surface area contributed by atoms with Gasteiger partial charge in [0.2, 0.25) is 5.91 Å². The maximum absolute atomic E-state index is 12.7. The molecule has 1 amide bonds. The molecule has 0 unspecified atom stereocenters. The van der Waals surface area contributed by atoms with Gasteiger partial charge in [-0.3, -0.25) is 9.20 Å². The summed E-state index contributed by atoms with van der Waals surface area (Å²) < 4.78 is 7.40. The van der Waals surface area contributed by atoms with Gasteiger partial charge in [0.05, 0.1) is 18.4 Å². The molecular weight excluding hydrogens is 434 g/mol. The molecule has 0 spiro atoms. The summed E-state index contributed by atoms with van der Waals surface area (Å²) in [6, 6.07) is 14.1. The molecule has 1 N–H and O–H groups in total. The van der Waals surface area contributed by atoms with E-state index in [2.05, 4.69) is 53.3 Å². The van der Waals surface area contributed by atoms with Crippen molar-refractivity contribution in [3.8, 4) is 5.75 Å². The Labute approximate surface area is 198 Å². The Bertz CT molecular complexity index is 1310. The summed E-state index contributed by atoms with van der Waals surface area (Å²) in [5.74, 6) is 0.914. The van der Waals surface area contributed by atoms with Crippen molar-refractivity contribution < 1.29 is 9.53 Å². The lowest BCUT2D eigenvalue weighted by molar-refractivity contribution is -0.113. The van der Waals surface area contributed by atoms with Crippen LogP contribution in [0.25, 0.3) is 16.6 Å². The van der Waals surface area contributed by atoms with Gasteiger partial charge in [0.15, 0.2) is 10.8 Å². The van der Waals surface area contributed by atoms with Crippen LogP contribution in [0.5, 0.6) is 5.75 Å². The summed E-state index contributed by atoms with van der Waals surface area (Å²) in [4.78, 5) is 15.0. The van der Waals surface area contributed by atoms with E-state index >= 15 is 0 Å². The first-order valence-electron chi connectivity index (χ1n) is 11.1. The number of ether oxygens (including phenoxy) is 1. The van der Waals surface area contributed by atoms with Crippen LogP contribution in [-0.4, -0.2) is 46.5 Å². The number of fused-ring (bicyclic) bond motifs is 3. The van der Waals surface area contributed by atoms with Gasteiger partial charge in [-0.1, -0.05) is 11.8 Å². The highest BCUT2D eigenvalue weighted by atomic mass is 32.2. The summed E-state index contributed by atoms with van der Waals surface area (Å²) in [6.07, 6.45) is 0. The number of aryl methyl sites for hydroxylation is 2. The standard InChI is InChI=1S/C25H29N5O2S/c1-6-29(7-2)21-11-9-19(13-16(21)3)26-23(31)15-33-25-28-27-24-17(4)12-18-8-10-20(32-5)14-22(18)30(24)25/h8-14H,6-7,15H2,1-5H3,(H,26,31). The third-order valence-corrected chi connectivity index (χ3v) is 6.68. The Balaban J connectivity index is 1.53. The number of carbonyl (C=O) groups excluding carboxylic acids is 1. The van der Waals surface area contributed by atoms with Crippen LogP contribution in [0, 0.1) is 13.8 Å². The molecule has 0 atom stereocenters. The van der Waals surface area contributed by atoms with Gasteiger partial charge in [-0.05, 0) is 80.6 Å². The molecule has 33 heavy (non-hydrogen) atoms. The average Bonchev–Trinajstić information content (AvgIpc) is 3.25. The number of pyridine rings is 1. The number of benzene rings is 2. The van der Waals surface area contributed by atoms with Crippen LogP contribution >= 0.6 is 11.8 Å². The number of thioether (sulfide) groups is 1. The van der Waals surface area contributed by atoms with Crippen LogP contribution in [-0.2, 0) is 4.79 Å². The van der Waals surface area contributed by atoms with Crippen LogP contribution in [0.15, 0.2) is 47.6 Å². The van der Waals surface area contributed by atoms with Crippen LogP contribution in [0.2, 0.25) is 0 Å². The molecule has 4 aromatic rings. The highest BCUT2D eigenvalue weighted by Gasteiger charge is 2.15. The summed E-state index contributed by atoms with van der Waals surface area (Å²) >= 11 is 1.37. The fourth-order valence-electron chi connectivity index (χ4n) is 4.08. The van der Waals surface area contributed by atoms with E-state index in [0.29, 0.717) is 5.16 Å². The molecule has 2 aromatic heterocycles. The largest absolute Gasteiger partial charge is 0.497 e. The second kappa shape index (κ2) is 9.70. The van der Waals surface area contributed by atoms with E-state index in [1.54, 1.807) is 7.11 Å². The number of nitrogens with one attached hydrogen (secondary N) is 1. The van der Waals surface area contributed by atoms with E-state index in [9.17, 15) is 4.79 Å². The maximum Gasteiger partial charge on any atom is 0.234 e. The minimum atomic E-state index is -0.0821. The lowest BCUT2D eigenvalue weighted by Crippen LogP contribution is -2.22. The molecule has 0 bridgehead atoms. The predicted octanol–water partition coefficient (Wildman–Crippen LogP) is 5.08. The number of aromatic nitrogens is 3. The highest BCUT2D eigenvalue weighted by Crippen LogP contribution is 2.28. The first-order valence-corrected chi connectivity index (χ1v) is 12.0. The van der Waals surface area contributed by atoms with Crippen LogP contribution < -0.4 is 15.0 Å². The average molecular weight is 464 g/mol. The normalized spacial score (nSPS) is 11.2. The zero-order chi connectivity index (χ0) is 23.5. The van der Waals surface area contributed by atoms with Crippen molar-refractivity contribution in [2.45, 2.75) is 32.9 Å². The molecule has 0 aliphatic carbocycles. The molecule has 7 nitrogen and oxygen atoms in total. The van der Waals surface area contributed by atoms with Crippen LogP contribution in [0.1, 0.15) is 25.0 Å². The number of carbonyl (C=O) groups is 1. The van der Waals surface area contributed by atoms with Crippen molar-refractivity contribution in [1.82, 2.24) is 14.6 Å². The molecule has 2 aromatic carbocycles. The van der Waals surface area contributed by atoms with Crippen LogP contribution in [0.4, 0.5) is 11.4 Å². The Kier molecular flexibility index (Phi) is 6.74. The van der Waals surface area contributed by atoms with Gasteiger partial charge in [0, 0.05) is 30.5 Å². The first-order chi connectivity index (χ1) is 15.9. The molecule has 0 saturated heterocycles. The number of anilines is 2. The molecule has 0 aliphatic heterocycles. The number of methoxy groups -OCH3 is 1. The Morgan fingerprint density at radius 2 is 1.85 bits per heavy atom. The van der Waals surface area contributed by atoms with Gasteiger partial charge < -0.3 is 15.0 Å². The SMILES string of the molecule is CCN(CC)c1ccc(NC(=O)CSc2nnc3c(C)cc4ccc(OC)cc4n23)cc1C. The third kappa shape index (κ3) is 4.61. The molecule has 8 heteroatoms. The van der Waals surface area contributed by atoms with Gasteiger partial charge in [-0.15, -0.1) is 10.2 Å². The Morgan fingerprint density at radius 1 is 1.06 bits per heavy atom. The quantitative estimate of drug-likeness (QED) is 0.367. The highest BCUT2D eigenvalue weighted by molar-refractivity contribution is 7.99. The Morgan fingerprint density at radius 3 is 2.55 bits per heavy atom. The lowest BCUT2D eigenvalue weighted by atomic mass is 10.1. The van der Waals surface area contributed by atoms with Gasteiger partial charge >= 0.3 is 0 Å². The van der Waals surface area contributed by atoms with E-state index < -0.39 is 0 Å². The van der Waals surface area contributed by atoms with E-state index in [1.807, 2.05) is 41.7 Å². The van der Waals surface area contributed by atoms with Crippen molar-refractivity contribution in [3.63, 3.8) is 0 Å². The van der Waals surface area contributed by atoms with Crippen molar-refractivity contribution in [2.24, 2.45) is 0 Å². The summed E-state index contributed by atoms with van der Waals surface area (Å²) in [7, 11) is 1.65. The molecule has 0 fully saturated rings. The third-order valence-electron chi connectivity index (χ3n) is 5.75. The van der Waals surface area contributed by atoms with Gasteiger partial charge in [-0.2, -0.15) is 0 Å². The van der Waals surface area contributed by atoms with Crippen molar-refractivity contribution in [1.29, 1.82) is 0 Å². The molecule has 0 aliphatic rings. The number of hydrogen-bond acceptors (Lipinski definition) is 6. The van der Waals surface area contributed by atoms with Crippen molar-refractivity contribution >= 4 is 45.6 Å². The molecule has 4 rings (SSSR count). The van der Waals surface area contributed by atoms with Gasteiger partial charge in [0.25, 0.3) is 0 Å². The van der Waals surface area contributed by atoms with Gasteiger partial charge in [0.1, 0.15) is 5.75 Å². The monoisotopic (exact) mass is 463 g/mol. The number of hydrogen-bond donors (Lipinski definition) is 1. The van der Waals surface area contributed by atoms with E-state index in [-0.39, 0.29) is 11.7 Å². The van der Waals surface area contributed by atoms with E-state index in [4.69, 9.17) is 4.74 Å². The second-order valence-electron chi connectivity index (χ2n) is 7.90. The molecule has 2 heterocycles. The zero-order valence-corrected chi connectivity index (χ0v) is 20.5. The van der Waals surface area contributed by atoms with Crippen molar-refractivity contribution in [2.75, 3.05) is 36.2 Å². The minimum absolute atomic E-state index is 0.0821. The Hall–Kier alpha value is -3.26. The summed E-state index contributed by atoms with van der Waals surface area (Å²) in [5.41, 5.74) is 5.89. The molecule has 0 radical (unpaired) electrons. The topological polar surface area (TPSA) is 71.8 Å². The number of rotatable bonds is 8. The first kappa shape index (κ1) is 22.9. The van der Waals surface area contributed by atoms with E-state index in [1.165, 1.54) is 17.4 Å². The second-order valence-corrected chi connectivity index (χ2v) is 8.85. The summed E-state index contributed by atoms with van der Waals surface area (Å²) in [6.45, 7) is 10.3. The smallest absolute Gasteiger partial charge is 0.234 e. The van der Waals surface area contributed by atoms with Crippen LogP contribution in [0.3, 0.4) is 0 Å². The van der Waals surface area contributed by atoms with Crippen molar-refractivity contribution in [3.05, 3.63) is 53.6 Å².